The van der Waals surface area contributed by atoms with E-state index in [-0.39, 0.29) is 5.91 Å². The van der Waals surface area contributed by atoms with Gasteiger partial charge in [0.2, 0.25) is 5.91 Å². The van der Waals surface area contributed by atoms with Crippen molar-refractivity contribution in [1.82, 2.24) is 5.32 Å². The number of unbranched alkanes of at least 4 members (excludes halogenated alkanes) is 15. The zero-order valence-electron chi connectivity index (χ0n) is 23.7. The molecule has 1 aromatic carbocycles. The van der Waals surface area contributed by atoms with E-state index in [2.05, 4.69) is 33.4 Å². The molecule has 0 aliphatic heterocycles. The number of carbonyl (C=O) groups is 1. The average molecular weight is 490 g/mol. The molecule has 0 aliphatic carbocycles. The van der Waals surface area contributed by atoms with Crippen LogP contribution in [-0.2, 0) is 11.2 Å². The largest absolute Gasteiger partial charge is 0.494 e. The molecule has 0 heterocycles. The maximum atomic E-state index is 12.1. The lowest BCUT2D eigenvalue weighted by atomic mass is 10.0. The van der Waals surface area contributed by atoms with Crippen molar-refractivity contribution in [2.24, 2.45) is 0 Å². The molecular formula is C31H57N2O2+. The van der Waals surface area contributed by atoms with Crippen molar-refractivity contribution >= 4 is 5.91 Å². The second-order valence-electron chi connectivity index (χ2n) is 11.3. The van der Waals surface area contributed by atoms with E-state index >= 15 is 0 Å². The highest BCUT2D eigenvalue weighted by Gasteiger charge is 2.08. The van der Waals surface area contributed by atoms with Crippen molar-refractivity contribution < 1.29 is 14.0 Å². The third kappa shape index (κ3) is 20.4. The van der Waals surface area contributed by atoms with Crippen molar-refractivity contribution in [3.05, 3.63) is 29.8 Å². The standard InChI is InChI=1S/C31H56N2O2/c1-5-6-7-8-9-10-11-12-13-14-15-16-17-18-19-20-27-35-30-23-21-29(22-24-30)28-31(34)32-25-26-33(2,3)4/h21-24H,5-20,25-28H2,1-4H3/p+1. The van der Waals surface area contributed by atoms with Gasteiger partial charge >= 0.3 is 0 Å². The molecular weight excluding hydrogens is 432 g/mol. The van der Waals surface area contributed by atoms with Crippen LogP contribution < -0.4 is 10.1 Å². The van der Waals surface area contributed by atoms with E-state index in [1.54, 1.807) is 0 Å². The van der Waals surface area contributed by atoms with Gasteiger partial charge in [-0.15, -0.1) is 0 Å². The predicted molar refractivity (Wildman–Crippen MR) is 151 cm³/mol. The Kier molecular flexibility index (Phi) is 18.5. The van der Waals surface area contributed by atoms with Crippen LogP contribution in [0.2, 0.25) is 0 Å². The third-order valence-corrected chi connectivity index (χ3v) is 6.66. The molecule has 0 aromatic heterocycles. The Balaban J connectivity index is 1.91. The minimum atomic E-state index is 0.0836. The maximum Gasteiger partial charge on any atom is 0.224 e. The van der Waals surface area contributed by atoms with Crippen LogP contribution in [0.3, 0.4) is 0 Å². The minimum absolute atomic E-state index is 0.0836. The third-order valence-electron chi connectivity index (χ3n) is 6.66. The van der Waals surface area contributed by atoms with Crippen LogP contribution in [0.25, 0.3) is 0 Å². The molecule has 35 heavy (non-hydrogen) atoms. The van der Waals surface area contributed by atoms with Gasteiger partial charge in [-0.2, -0.15) is 0 Å². The molecule has 4 heteroatoms. The summed E-state index contributed by atoms with van der Waals surface area (Å²) in [6.07, 6.45) is 22.6. The van der Waals surface area contributed by atoms with E-state index < -0.39 is 0 Å². The first kappa shape index (κ1) is 31.5. The molecule has 0 aliphatic rings. The number of likely N-dealkylation sites (N-methyl/N-ethyl adjacent to an activating group) is 1. The van der Waals surface area contributed by atoms with Crippen LogP contribution in [0.15, 0.2) is 24.3 Å². The Bertz CT molecular complexity index is 622. The van der Waals surface area contributed by atoms with E-state index in [0.717, 1.165) is 35.4 Å². The Hall–Kier alpha value is -1.55. The van der Waals surface area contributed by atoms with E-state index in [1.807, 2.05) is 24.3 Å². The Morgan fingerprint density at radius 2 is 1.17 bits per heavy atom. The Morgan fingerprint density at radius 1 is 0.714 bits per heavy atom. The van der Waals surface area contributed by atoms with Gasteiger partial charge in [0.05, 0.1) is 47.3 Å². The van der Waals surface area contributed by atoms with Gasteiger partial charge in [0.25, 0.3) is 0 Å². The zero-order chi connectivity index (χ0) is 25.6. The summed E-state index contributed by atoms with van der Waals surface area (Å²) in [5.74, 6) is 0.987. The molecule has 1 N–H and O–H groups in total. The summed E-state index contributed by atoms with van der Waals surface area (Å²) in [5, 5.41) is 3.00. The summed E-state index contributed by atoms with van der Waals surface area (Å²) in [4.78, 5) is 12.1. The molecule has 0 atom stereocenters. The molecule has 0 spiro atoms. The Labute approximate surface area is 217 Å². The van der Waals surface area contributed by atoms with Gasteiger partial charge in [0.1, 0.15) is 5.75 Å². The highest BCUT2D eigenvalue weighted by atomic mass is 16.5. The van der Waals surface area contributed by atoms with Crippen LogP contribution in [0.5, 0.6) is 5.75 Å². The van der Waals surface area contributed by atoms with Crippen LogP contribution >= 0.6 is 0 Å². The number of benzene rings is 1. The van der Waals surface area contributed by atoms with Crippen molar-refractivity contribution in [1.29, 1.82) is 0 Å². The van der Waals surface area contributed by atoms with Gasteiger partial charge in [-0.05, 0) is 24.1 Å². The quantitative estimate of drug-likeness (QED) is 0.126. The van der Waals surface area contributed by atoms with Crippen LogP contribution in [-0.4, -0.2) is 51.2 Å². The summed E-state index contributed by atoms with van der Waals surface area (Å²) in [6, 6.07) is 7.98. The van der Waals surface area contributed by atoms with Gasteiger partial charge in [-0.3, -0.25) is 4.79 Å². The molecule has 0 bridgehead atoms. The summed E-state index contributed by atoms with van der Waals surface area (Å²) in [6.45, 7) is 4.71. The normalized spacial score (nSPS) is 11.5. The molecule has 1 amide bonds. The first-order valence-electron chi connectivity index (χ1n) is 14.7. The number of hydrogen-bond acceptors (Lipinski definition) is 2. The van der Waals surface area contributed by atoms with Gasteiger partial charge in [0, 0.05) is 0 Å². The first-order chi connectivity index (χ1) is 16.9. The van der Waals surface area contributed by atoms with Gasteiger partial charge in [0.15, 0.2) is 0 Å². The summed E-state index contributed by atoms with van der Waals surface area (Å²) >= 11 is 0. The second kappa shape index (κ2) is 20.6. The maximum absolute atomic E-state index is 12.1. The zero-order valence-corrected chi connectivity index (χ0v) is 23.7. The Morgan fingerprint density at radius 3 is 1.63 bits per heavy atom. The predicted octanol–water partition coefficient (Wildman–Crippen LogP) is 7.69. The van der Waals surface area contributed by atoms with Gasteiger partial charge in [-0.1, -0.05) is 115 Å². The lowest BCUT2D eigenvalue weighted by molar-refractivity contribution is -0.869. The molecule has 0 radical (unpaired) electrons. The van der Waals surface area contributed by atoms with Crippen molar-refractivity contribution in [2.45, 2.75) is 116 Å². The lowest BCUT2D eigenvalue weighted by Crippen LogP contribution is -2.42. The van der Waals surface area contributed by atoms with Crippen LogP contribution in [0.1, 0.15) is 115 Å². The van der Waals surface area contributed by atoms with E-state index in [1.165, 1.54) is 96.3 Å². The number of quaternary nitrogens is 1. The minimum Gasteiger partial charge on any atom is -0.494 e. The fourth-order valence-electron chi connectivity index (χ4n) is 4.32. The van der Waals surface area contributed by atoms with E-state index in [4.69, 9.17) is 4.74 Å². The monoisotopic (exact) mass is 489 g/mol. The van der Waals surface area contributed by atoms with Crippen molar-refractivity contribution in [3.63, 3.8) is 0 Å². The molecule has 0 unspecified atom stereocenters. The number of amides is 1. The SMILES string of the molecule is CCCCCCCCCCCCCCCCCCOc1ccc(CC(=O)NCC[N+](C)(C)C)cc1. The van der Waals surface area contributed by atoms with Gasteiger partial charge < -0.3 is 14.5 Å². The molecule has 0 saturated heterocycles. The number of hydrogen-bond donors (Lipinski definition) is 1. The smallest absolute Gasteiger partial charge is 0.224 e. The number of nitrogens with zero attached hydrogens (tertiary/aromatic N) is 1. The van der Waals surface area contributed by atoms with E-state index in [9.17, 15) is 4.79 Å². The molecule has 202 valence electrons. The highest BCUT2D eigenvalue weighted by molar-refractivity contribution is 5.78. The summed E-state index contributed by atoms with van der Waals surface area (Å²) in [5.41, 5.74) is 1.03. The van der Waals surface area contributed by atoms with Crippen LogP contribution in [0.4, 0.5) is 0 Å². The number of rotatable bonds is 23. The lowest BCUT2D eigenvalue weighted by Gasteiger charge is -2.23. The summed E-state index contributed by atoms with van der Waals surface area (Å²) < 4.78 is 6.74. The highest BCUT2D eigenvalue weighted by Crippen LogP contribution is 2.15. The molecule has 1 aromatic rings. The fraction of sp³-hybridized carbons (Fsp3) is 0.774. The molecule has 1 rings (SSSR count). The van der Waals surface area contributed by atoms with Gasteiger partial charge in [-0.25, -0.2) is 0 Å². The fourth-order valence-corrected chi connectivity index (χ4v) is 4.32. The topological polar surface area (TPSA) is 38.3 Å². The average Bonchev–Trinajstić information content (AvgIpc) is 2.81. The number of ether oxygens (including phenoxy) is 1. The van der Waals surface area contributed by atoms with Crippen molar-refractivity contribution in [2.75, 3.05) is 40.8 Å². The van der Waals surface area contributed by atoms with Crippen molar-refractivity contribution in [3.8, 4) is 5.75 Å². The molecule has 0 fully saturated rings. The second-order valence-corrected chi connectivity index (χ2v) is 11.3. The van der Waals surface area contributed by atoms with Crippen LogP contribution in [0, 0.1) is 0 Å². The number of nitrogens with one attached hydrogen (secondary N) is 1. The summed E-state index contributed by atoms with van der Waals surface area (Å²) in [7, 11) is 6.39. The number of carbonyl (C=O) groups excluding carboxylic acids is 1. The van der Waals surface area contributed by atoms with E-state index in [0.29, 0.717) is 13.0 Å². The first-order valence-corrected chi connectivity index (χ1v) is 14.7. The molecule has 0 saturated carbocycles. The molecule has 4 nitrogen and oxygen atoms in total.